The Labute approximate surface area is 279 Å². The Morgan fingerprint density at radius 2 is 1.85 bits per heavy atom. The number of aromatic nitrogens is 4. The number of benzene rings is 1. The maximum atomic E-state index is 13.2. The van der Waals surface area contributed by atoms with Crippen molar-refractivity contribution < 1.29 is 32.9 Å². The summed E-state index contributed by atoms with van der Waals surface area (Å²) in [6.07, 6.45) is 2.53. The molecule has 2 fully saturated rings. The van der Waals surface area contributed by atoms with Gasteiger partial charge in [0.1, 0.15) is 30.7 Å². The van der Waals surface area contributed by atoms with Gasteiger partial charge in [-0.25, -0.2) is 24.6 Å². The summed E-state index contributed by atoms with van der Waals surface area (Å²) in [5, 5.41) is 9.98. The monoisotopic (exact) mass is 679 g/mol. The Bertz CT molecular complexity index is 1700. The quantitative estimate of drug-likeness (QED) is 0.0797. The lowest BCUT2D eigenvalue weighted by Crippen LogP contribution is -2.49. The van der Waals surface area contributed by atoms with Gasteiger partial charge in [0.15, 0.2) is 23.2 Å². The van der Waals surface area contributed by atoms with Crippen molar-refractivity contribution in [1.82, 2.24) is 34.2 Å². The maximum Gasteiger partial charge on any atom is 0.285 e. The van der Waals surface area contributed by atoms with Crippen LogP contribution in [0.5, 0.6) is 0 Å². The van der Waals surface area contributed by atoms with Crippen molar-refractivity contribution in [2.24, 2.45) is 4.99 Å². The van der Waals surface area contributed by atoms with Gasteiger partial charge in [0.25, 0.3) is 20.3 Å². The molecule has 0 radical (unpaired) electrons. The lowest BCUT2D eigenvalue weighted by atomic mass is 10.0. The number of aliphatic imine (C=N–C) groups is 1. The van der Waals surface area contributed by atoms with Crippen LogP contribution >= 0.6 is 8.53 Å². The summed E-state index contributed by atoms with van der Waals surface area (Å²) >= 11 is 0. The minimum atomic E-state index is -1.73. The number of hydrogen-bond donors (Lipinski definition) is 0. The molecule has 254 valence electrons. The van der Waals surface area contributed by atoms with E-state index in [1.54, 1.807) is 46.4 Å². The first-order valence-corrected chi connectivity index (χ1v) is 16.7. The van der Waals surface area contributed by atoms with E-state index in [2.05, 4.69) is 30.7 Å². The normalized spacial score (nSPS) is 24.2. The van der Waals surface area contributed by atoms with Crippen LogP contribution in [-0.2, 0) is 23.4 Å². The molecule has 17 heteroatoms. The van der Waals surface area contributed by atoms with Crippen molar-refractivity contribution in [2.45, 2.75) is 70.2 Å². The largest absolute Gasteiger partial charge is 0.369 e. The zero-order valence-electron chi connectivity index (χ0n) is 27.6. The summed E-state index contributed by atoms with van der Waals surface area (Å²) in [5.74, 6) is -0.747. The third-order valence-corrected chi connectivity index (χ3v) is 10.2. The van der Waals surface area contributed by atoms with Crippen molar-refractivity contribution in [3.63, 3.8) is 0 Å². The smallest absolute Gasteiger partial charge is 0.285 e. The fraction of sp³-hybridized carbons (Fsp3) is 0.516. The van der Waals surface area contributed by atoms with Crippen LogP contribution in [0.15, 0.2) is 41.9 Å². The molecule has 5 heterocycles. The summed E-state index contributed by atoms with van der Waals surface area (Å²) in [6.45, 7) is 8.13. The van der Waals surface area contributed by atoms with E-state index in [-0.39, 0.29) is 49.5 Å². The molecule has 0 spiro atoms. The highest BCUT2D eigenvalue weighted by Gasteiger charge is 2.65. The highest BCUT2D eigenvalue weighted by Crippen LogP contribution is 2.55. The van der Waals surface area contributed by atoms with Crippen molar-refractivity contribution in [2.75, 3.05) is 33.9 Å². The summed E-state index contributed by atoms with van der Waals surface area (Å²) in [6, 6.07) is 8.74. The lowest BCUT2D eigenvalue weighted by molar-refractivity contribution is -0.217. The Kier molecular flexibility index (Phi) is 9.82. The average Bonchev–Trinajstić information content (AvgIpc) is 3.78. The van der Waals surface area contributed by atoms with Crippen LogP contribution in [0.2, 0.25) is 0 Å². The van der Waals surface area contributed by atoms with Gasteiger partial charge in [-0.15, -0.1) is 5.06 Å². The fourth-order valence-corrected chi connectivity index (χ4v) is 7.83. The van der Waals surface area contributed by atoms with Gasteiger partial charge in [-0.1, -0.05) is 12.1 Å². The van der Waals surface area contributed by atoms with E-state index in [0.717, 1.165) is 5.06 Å². The highest BCUT2D eigenvalue weighted by atomic mass is 31.2. The number of carbonyl (C=O) groups excluding carboxylic acids is 2. The number of hydrogen-bond acceptors (Lipinski definition) is 13. The van der Waals surface area contributed by atoms with E-state index in [9.17, 15) is 14.9 Å². The van der Waals surface area contributed by atoms with Gasteiger partial charge in [0, 0.05) is 26.2 Å². The highest BCUT2D eigenvalue weighted by molar-refractivity contribution is 7.44. The van der Waals surface area contributed by atoms with Gasteiger partial charge in [0.2, 0.25) is 0 Å². The van der Waals surface area contributed by atoms with Gasteiger partial charge in [-0.05, 0) is 39.8 Å². The number of rotatable bonds is 14. The van der Waals surface area contributed by atoms with E-state index in [4.69, 9.17) is 23.4 Å². The zero-order valence-corrected chi connectivity index (χ0v) is 28.5. The summed E-state index contributed by atoms with van der Waals surface area (Å²) in [7, 11) is 1.97. The Morgan fingerprint density at radius 3 is 2.50 bits per heavy atom. The second kappa shape index (κ2) is 13.9. The molecule has 3 aromatic rings. The number of imidazole rings is 1. The van der Waals surface area contributed by atoms with Crippen LogP contribution in [0.4, 0.5) is 5.82 Å². The molecule has 16 nitrogen and oxygen atoms in total. The molecule has 0 aliphatic carbocycles. The SMILES string of the molecule is CC(C)N(C(C)C)P(OCCC#N)OC1[C@@H]2OC[C@]1(CON1C(=O)c3ccccc3C1=O)O[C@H]2n1cnc2c(/N=C\N(C)C)ncnc21. The van der Waals surface area contributed by atoms with E-state index in [1.807, 2.05) is 41.8 Å². The number of nitriles is 1. The van der Waals surface area contributed by atoms with Crippen LogP contribution in [-0.4, -0.2) is 116 Å². The molecule has 48 heavy (non-hydrogen) atoms. The Hall–Kier alpha value is -3.94. The number of hydroxylamine groups is 2. The number of carbonyl (C=O) groups is 2. The standard InChI is InChI=1S/C31H38N9O7P/c1-19(2)40(20(3)4)48(45-13-9-12-32)47-25-24-30(38-18-35-23-26(36-17-37(5)6)33-16-34-27(23)38)46-31(25,14-43-24)15-44-39-28(41)21-10-7-8-11-22(21)29(39)42/h7-8,10-11,16-20,24-25,30H,9,13-15H2,1-6H3/b36-17-/t24-,25?,30+,31+,48?/m0/s1. The number of amides is 2. The minimum Gasteiger partial charge on any atom is -0.369 e. The minimum absolute atomic E-state index is 0.0378. The molecule has 3 aliphatic rings. The number of fused-ring (bicyclic) bond motifs is 4. The van der Waals surface area contributed by atoms with E-state index in [0.29, 0.717) is 17.0 Å². The molecule has 2 unspecified atom stereocenters. The van der Waals surface area contributed by atoms with Crippen molar-refractivity contribution in [1.29, 1.82) is 5.26 Å². The molecule has 3 aliphatic heterocycles. The van der Waals surface area contributed by atoms with E-state index < -0.39 is 44.4 Å². The third-order valence-electron chi connectivity index (χ3n) is 8.06. The predicted octanol–water partition coefficient (Wildman–Crippen LogP) is 3.60. The van der Waals surface area contributed by atoms with Crippen LogP contribution in [0.3, 0.4) is 0 Å². The summed E-state index contributed by atoms with van der Waals surface area (Å²) < 4.78 is 30.0. The van der Waals surface area contributed by atoms with Crippen molar-refractivity contribution >= 4 is 43.7 Å². The lowest BCUT2D eigenvalue weighted by Gasteiger charge is -2.38. The molecular weight excluding hydrogens is 641 g/mol. The van der Waals surface area contributed by atoms with Gasteiger partial charge in [-0.2, -0.15) is 5.26 Å². The molecule has 5 atom stereocenters. The molecule has 2 bridgehead atoms. The molecule has 0 saturated carbocycles. The van der Waals surface area contributed by atoms with Crippen LogP contribution in [0.1, 0.15) is 61.1 Å². The third kappa shape index (κ3) is 6.19. The molecule has 2 saturated heterocycles. The van der Waals surface area contributed by atoms with Crippen LogP contribution in [0, 0.1) is 11.3 Å². The Balaban J connectivity index is 1.35. The zero-order chi connectivity index (χ0) is 34.2. The molecule has 6 rings (SSSR count). The van der Waals surface area contributed by atoms with Gasteiger partial charge in [0.05, 0.1) is 49.5 Å². The topological polar surface area (TPSA) is 170 Å². The van der Waals surface area contributed by atoms with Crippen molar-refractivity contribution in [3.8, 4) is 6.07 Å². The van der Waals surface area contributed by atoms with Gasteiger partial charge >= 0.3 is 0 Å². The summed E-state index contributed by atoms with van der Waals surface area (Å²) in [4.78, 5) is 51.9. The summed E-state index contributed by atoms with van der Waals surface area (Å²) in [5.41, 5.74) is 0.165. The van der Waals surface area contributed by atoms with Gasteiger partial charge in [-0.3, -0.25) is 19.0 Å². The first kappa shape index (κ1) is 33.9. The van der Waals surface area contributed by atoms with Crippen molar-refractivity contribution in [3.05, 3.63) is 48.0 Å². The van der Waals surface area contributed by atoms with E-state index in [1.165, 1.54) is 6.33 Å². The first-order chi connectivity index (χ1) is 23.1. The van der Waals surface area contributed by atoms with E-state index >= 15 is 0 Å². The molecule has 2 aromatic heterocycles. The second-order valence-corrected chi connectivity index (χ2v) is 13.8. The number of nitrogens with zero attached hydrogens (tertiary/aromatic N) is 9. The second-order valence-electron chi connectivity index (χ2n) is 12.4. The Morgan fingerprint density at radius 1 is 1.15 bits per heavy atom. The van der Waals surface area contributed by atoms with Crippen LogP contribution < -0.4 is 0 Å². The van der Waals surface area contributed by atoms with Gasteiger partial charge < -0.3 is 23.4 Å². The van der Waals surface area contributed by atoms with Crippen LogP contribution in [0.25, 0.3) is 11.2 Å². The average molecular weight is 680 g/mol. The molecule has 1 aromatic carbocycles. The molecule has 2 amide bonds. The number of ether oxygens (including phenoxy) is 2. The molecular formula is C31H38N9O7P. The predicted molar refractivity (Wildman–Crippen MR) is 173 cm³/mol. The first-order valence-electron chi connectivity index (χ1n) is 15.6. The maximum absolute atomic E-state index is 13.2. The molecule has 0 N–H and O–H groups in total. The number of imide groups is 1. The fourth-order valence-electron chi connectivity index (χ4n) is 6.02.